The molecule has 0 aliphatic rings. The van der Waals surface area contributed by atoms with Crippen molar-refractivity contribution in [3.63, 3.8) is 0 Å². The predicted octanol–water partition coefficient (Wildman–Crippen LogP) is 5.98. The van der Waals surface area contributed by atoms with Crippen molar-refractivity contribution in [2.75, 3.05) is 0 Å². The van der Waals surface area contributed by atoms with Gasteiger partial charge in [0.2, 0.25) is 0 Å². The number of fused-ring (bicyclic) bond motifs is 2. The topological polar surface area (TPSA) is 53.4 Å². The molecule has 3 nitrogen and oxygen atoms in total. The second kappa shape index (κ2) is 6.95. The van der Waals surface area contributed by atoms with E-state index < -0.39 is 0 Å². The summed E-state index contributed by atoms with van der Waals surface area (Å²) >= 11 is 0. The van der Waals surface area contributed by atoms with Gasteiger partial charge in [-0.1, -0.05) is 78.9 Å². The monoisotopic (exact) mass is 377 g/mol. The van der Waals surface area contributed by atoms with Crippen LogP contribution in [0, 0.1) is 0 Å². The van der Waals surface area contributed by atoms with Crippen LogP contribution in [0.15, 0.2) is 97.3 Å². The first-order valence-corrected chi connectivity index (χ1v) is 9.55. The Bertz CT molecular complexity index is 1240. The van der Waals surface area contributed by atoms with Gasteiger partial charge in [0.1, 0.15) is 11.5 Å². The van der Waals surface area contributed by atoms with Gasteiger partial charge in [0.25, 0.3) is 0 Å². The highest BCUT2D eigenvalue weighted by atomic mass is 16.3. The van der Waals surface area contributed by atoms with Crippen molar-refractivity contribution in [2.45, 2.75) is 5.92 Å². The summed E-state index contributed by atoms with van der Waals surface area (Å²) < 4.78 is 0. The fraction of sp³-hybridized carbons (Fsp3) is 0.0385. The van der Waals surface area contributed by atoms with Crippen LogP contribution in [0.1, 0.15) is 22.6 Å². The molecule has 1 heterocycles. The first-order chi connectivity index (χ1) is 14.2. The van der Waals surface area contributed by atoms with Crippen LogP contribution in [0.25, 0.3) is 21.5 Å². The Balaban J connectivity index is 1.81. The third-order valence-corrected chi connectivity index (χ3v) is 5.50. The van der Waals surface area contributed by atoms with Crippen molar-refractivity contribution in [2.24, 2.45) is 0 Å². The van der Waals surface area contributed by atoms with E-state index >= 15 is 0 Å². The number of pyridine rings is 1. The Labute approximate surface area is 168 Å². The lowest BCUT2D eigenvalue weighted by atomic mass is 9.83. The summed E-state index contributed by atoms with van der Waals surface area (Å²) in [6.07, 6.45) is 3.51. The molecule has 0 fully saturated rings. The summed E-state index contributed by atoms with van der Waals surface area (Å²) in [7, 11) is 0. The minimum atomic E-state index is -0.349. The van der Waals surface area contributed by atoms with Crippen LogP contribution in [0.2, 0.25) is 0 Å². The Kier molecular flexibility index (Phi) is 4.14. The summed E-state index contributed by atoms with van der Waals surface area (Å²) in [6, 6.07) is 27.2. The minimum absolute atomic E-state index is 0.226. The average molecular weight is 377 g/mol. The highest BCUT2D eigenvalue weighted by molar-refractivity contribution is 5.92. The Hall–Kier alpha value is -3.85. The van der Waals surface area contributed by atoms with Gasteiger partial charge in [-0.2, -0.15) is 0 Å². The Morgan fingerprint density at radius 1 is 0.586 bits per heavy atom. The number of phenolic OH excluding ortho intramolecular Hbond substituents is 2. The van der Waals surface area contributed by atoms with Gasteiger partial charge in [0.05, 0.1) is 0 Å². The zero-order valence-electron chi connectivity index (χ0n) is 15.7. The maximum atomic E-state index is 11.1. The normalized spacial score (nSPS) is 11.3. The van der Waals surface area contributed by atoms with E-state index in [1.165, 1.54) is 0 Å². The standard InChI is InChI=1S/C26H19NO2/c28-25-20-9-3-1-6-17(20)11-13-22(25)24(19-8-5-15-27-16-19)23-14-12-18-7-2-4-10-21(18)26(23)29/h1-16,24,28-29H. The van der Waals surface area contributed by atoms with Gasteiger partial charge >= 0.3 is 0 Å². The van der Waals surface area contributed by atoms with Crippen LogP contribution in [0.5, 0.6) is 11.5 Å². The highest BCUT2D eigenvalue weighted by Crippen LogP contribution is 2.44. The molecule has 2 N–H and O–H groups in total. The molecule has 29 heavy (non-hydrogen) atoms. The number of hydrogen-bond acceptors (Lipinski definition) is 3. The number of aromatic hydroxyl groups is 2. The number of benzene rings is 4. The van der Waals surface area contributed by atoms with Gasteiger partial charge in [-0.25, -0.2) is 0 Å². The smallest absolute Gasteiger partial charge is 0.127 e. The van der Waals surface area contributed by atoms with E-state index in [4.69, 9.17) is 0 Å². The molecule has 0 aliphatic carbocycles. The Morgan fingerprint density at radius 2 is 1.14 bits per heavy atom. The maximum Gasteiger partial charge on any atom is 0.127 e. The number of hydrogen-bond donors (Lipinski definition) is 2. The van der Waals surface area contributed by atoms with E-state index in [0.717, 1.165) is 38.2 Å². The Morgan fingerprint density at radius 3 is 1.66 bits per heavy atom. The molecule has 4 aromatic carbocycles. The van der Waals surface area contributed by atoms with Crippen LogP contribution < -0.4 is 0 Å². The van der Waals surface area contributed by atoms with Crippen LogP contribution in [-0.4, -0.2) is 15.2 Å². The van der Waals surface area contributed by atoms with E-state index in [0.29, 0.717) is 0 Å². The molecule has 3 heteroatoms. The van der Waals surface area contributed by atoms with Crippen molar-refractivity contribution in [1.29, 1.82) is 0 Å². The quantitative estimate of drug-likeness (QED) is 0.407. The van der Waals surface area contributed by atoms with Crippen LogP contribution in [0.3, 0.4) is 0 Å². The van der Waals surface area contributed by atoms with Gasteiger partial charge in [-0.05, 0) is 22.4 Å². The molecule has 0 atom stereocenters. The second-order valence-electron chi connectivity index (χ2n) is 7.17. The van der Waals surface area contributed by atoms with E-state index in [2.05, 4.69) is 4.98 Å². The van der Waals surface area contributed by atoms with Crippen molar-refractivity contribution >= 4 is 21.5 Å². The van der Waals surface area contributed by atoms with Crippen molar-refractivity contribution in [3.05, 3.63) is 114 Å². The van der Waals surface area contributed by atoms with Gasteiger partial charge in [-0.15, -0.1) is 0 Å². The van der Waals surface area contributed by atoms with Gasteiger partial charge < -0.3 is 10.2 Å². The molecule has 1 aromatic heterocycles. The summed E-state index contributed by atoms with van der Waals surface area (Å²) in [6.45, 7) is 0. The maximum absolute atomic E-state index is 11.1. The molecule has 140 valence electrons. The lowest BCUT2D eigenvalue weighted by molar-refractivity contribution is 0.465. The van der Waals surface area contributed by atoms with Gasteiger partial charge in [0.15, 0.2) is 0 Å². The molecule has 0 spiro atoms. The van der Waals surface area contributed by atoms with Crippen molar-refractivity contribution in [3.8, 4) is 11.5 Å². The number of nitrogens with zero attached hydrogens (tertiary/aromatic N) is 1. The third-order valence-electron chi connectivity index (χ3n) is 5.50. The molecular weight excluding hydrogens is 358 g/mol. The third kappa shape index (κ3) is 2.88. The molecule has 0 aliphatic heterocycles. The van der Waals surface area contributed by atoms with E-state index in [1.54, 1.807) is 12.4 Å². The first-order valence-electron chi connectivity index (χ1n) is 9.55. The lowest BCUT2D eigenvalue weighted by Gasteiger charge is -2.22. The fourth-order valence-electron chi connectivity index (χ4n) is 4.08. The van der Waals surface area contributed by atoms with Crippen LogP contribution in [0.4, 0.5) is 0 Å². The first kappa shape index (κ1) is 17.3. The molecule has 0 saturated carbocycles. The largest absolute Gasteiger partial charge is 0.507 e. The SMILES string of the molecule is Oc1c(C(c2cccnc2)c2ccc3ccccc3c2O)ccc2ccccc12. The zero-order valence-corrected chi connectivity index (χ0v) is 15.7. The highest BCUT2D eigenvalue weighted by Gasteiger charge is 2.24. The fourth-order valence-corrected chi connectivity index (χ4v) is 4.08. The summed E-state index contributed by atoms with van der Waals surface area (Å²) in [5, 5.41) is 25.8. The van der Waals surface area contributed by atoms with Gasteiger partial charge in [-0.3, -0.25) is 4.98 Å². The van der Waals surface area contributed by atoms with E-state index in [1.807, 2.05) is 84.9 Å². The van der Waals surface area contributed by atoms with Crippen LogP contribution >= 0.6 is 0 Å². The summed E-state index contributed by atoms with van der Waals surface area (Å²) in [4.78, 5) is 4.28. The van der Waals surface area contributed by atoms with Crippen LogP contribution in [-0.2, 0) is 0 Å². The molecule has 5 aromatic rings. The lowest BCUT2D eigenvalue weighted by Crippen LogP contribution is -2.05. The second-order valence-corrected chi connectivity index (χ2v) is 7.17. The zero-order chi connectivity index (χ0) is 19.8. The molecule has 0 unspecified atom stereocenters. The van der Waals surface area contributed by atoms with E-state index in [9.17, 15) is 10.2 Å². The molecule has 0 bridgehead atoms. The molecule has 0 radical (unpaired) electrons. The summed E-state index contributed by atoms with van der Waals surface area (Å²) in [5.41, 5.74) is 2.38. The number of phenols is 2. The average Bonchev–Trinajstić information content (AvgIpc) is 2.78. The molecule has 0 saturated heterocycles. The van der Waals surface area contributed by atoms with Crippen molar-refractivity contribution < 1.29 is 10.2 Å². The van der Waals surface area contributed by atoms with Crippen molar-refractivity contribution in [1.82, 2.24) is 4.98 Å². The predicted molar refractivity (Wildman–Crippen MR) is 116 cm³/mol. The number of rotatable bonds is 3. The van der Waals surface area contributed by atoms with Gasteiger partial charge in [0, 0.05) is 40.2 Å². The molecule has 5 rings (SSSR count). The minimum Gasteiger partial charge on any atom is -0.507 e. The number of aromatic nitrogens is 1. The van der Waals surface area contributed by atoms with E-state index in [-0.39, 0.29) is 17.4 Å². The summed E-state index contributed by atoms with van der Waals surface area (Å²) in [5.74, 6) is 0.104. The molecule has 0 amide bonds. The molecular formula is C26H19NO2.